The number of benzene rings is 1. The first-order valence-electron chi connectivity index (χ1n) is 17.6. The number of aromatic nitrogens is 1. The van der Waals surface area contributed by atoms with Crippen LogP contribution in [-0.4, -0.2) is 68.5 Å². The molecule has 0 radical (unpaired) electrons. The number of carboxylic acid groups (broad SMARTS) is 1. The molecule has 2 heterocycles. The van der Waals surface area contributed by atoms with E-state index in [2.05, 4.69) is 15.6 Å². The summed E-state index contributed by atoms with van der Waals surface area (Å²) in [4.78, 5) is 57.8. The fourth-order valence-electron chi connectivity index (χ4n) is 6.22. The molecule has 3 amide bonds. The molecule has 1 aromatic heterocycles. The molecule has 4 N–H and O–H groups in total. The standard InChI is InChI=1S/C37H56N4O6S/c1-25(27-18-20-28(21-19-27)33-26(2)38-24-48-33)39-35(46)30-22-29(42)23-41(30)36(47)34(37(3,4)5)40-31(43)16-14-12-10-8-6-7-9-11-13-15-17-32(44)45/h18-21,24-25,29-30,34,42H,6-17,22-23H2,1-5H3,(H,39,46)(H,40,43)(H,44,45)/t25-,29+,30-,34?/m0/s1. The normalized spacial score (nSPS) is 17.6. The van der Waals surface area contributed by atoms with Crippen molar-refractivity contribution in [3.05, 3.63) is 41.0 Å². The zero-order valence-corrected chi connectivity index (χ0v) is 30.2. The van der Waals surface area contributed by atoms with Crippen molar-refractivity contribution in [3.63, 3.8) is 0 Å². The molecule has 3 rings (SSSR count). The van der Waals surface area contributed by atoms with Crippen LogP contribution < -0.4 is 10.6 Å². The Kier molecular flexibility index (Phi) is 15.5. The Hall–Kier alpha value is -3.31. The van der Waals surface area contributed by atoms with Crippen molar-refractivity contribution in [2.45, 2.75) is 142 Å². The smallest absolute Gasteiger partial charge is 0.303 e. The number of carbonyl (C=O) groups is 4. The van der Waals surface area contributed by atoms with Crippen LogP contribution in [0.5, 0.6) is 0 Å². The highest BCUT2D eigenvalue weighted by atomic mass is 32.1. The molecule has 10 nitrogen and oxygen atoms in total. The van der Waals surface area contributed by atoms with E-state index in [0.717, 1.165) is 85.9 Å². The minimum atomic E-state index is -0.833. The maximum atomic E-state index is 13.9. The molecule has 1 aromatic carbocycles. The minimum absolute atomic E-state index is 0.0407. The third-order valence-electron chi connectivity index (χ3n) is 9.10. The summed E-state index contributed by atoms with van der Waals surface area (Å²) in [6.07, 6.45) is 9.93. The van der Waals surface area contributed by atoms with Gasteiger partial charge in [0.25, 0.3) is 0 Å². The summed E-state index contributed by atoms with van der Waals surface area (Å²) in [6.45, 7) is 9.59. The highest BCUT2D eigenvalue weighted by Gasteiger charge is 2.44. The number of β-amino-alcohol motifs (C(OH)–C–C–N with tert-alkyl or cyclic N) is 1. The van der Waals surface area contributed by atoms with E-state index >= 15 is 0 Å². The van der Waals surface area contributed by atoms with Gasteiger partial charge in [0.15, 0.2) is 0 Å². The quantitative estimate of drug-likeness (QED) is 0.123. The van der Waals surface area contributed by atoms with Crippen LogP contribution in [0.25, 0.3) is 10.4 Å². The van der Waals surface area contributed by atoms with Gasteiger partial charge in [-0.2, -0.15) is 0 Å². The number of carboxylic acids is 1. The van der Waals surface area contributed by atoms with E-state index in [1.807, 2.05) is 64.4 Å². The van der Waals surface area contributed by atoms with E-state index in [4.69, 9.17) is 5.11 Å². The van der Waals surface area contributed by atoms with Gasteiger partial charge in [-0.05, 0) is 43.2 Å². The summed E-state index contributed by atoms with van der Waals surface area (Å²) < 4.78 is 0. The molecule has 1 unspecified atom stereocenters. The SMILES string of the molecule is Cc1ncsc1-c1ccc([C@H](C)NC(=O)[C@@H]2C[C@@H](O)CN2C(=O)C(NC(=O)CCCCCCCCCCCCC(=O)O)C(C)(C)C)cc1. The lowest BCUT2D eigenvalue weighted by Crippen LogP contribution is -2.57. The maximum Gasteiger partial charge on any atom is 0.303 e. The van der Waals surface area contributed by atoms with Crippen molar-refractivity contribution in [1.29, 1.82) is 0 Å². The predicted octanol–water partition coefficient (Wildman–Crippen LogP) is 6.55. The number of amides is 3. The third kappa shape index (κ3) is 12.3. The lowest BCUT2D eigenvalue weighted by atomic mass is 9.85. The van der Waals surface area contributed by atoms with Gasteiger partial charge < -0.3 is 25.7 Å². The van der Waals surface area contributed by atoms with E-state index in [0.29, 0.717) is 6.42 Å². The molecule has 0 saturated carbocycles. The van der Waals surface area contributed by atoms with Gasteiger partial charge in [0.05, 0.1) is 28.2 Å². The first-order chi connectivity index (χ1) is 22.8. The van der Waals surface area contributed by atoms with Crippen LogP contribution in [0.2, 0.25) is 0 Å². The van der Waals surface area contributed by atoms with E-state index in [1.165, 1.54) is 4.90 Å². The molecule has 48 heavy (non-hydrogen) atoms. The van der Waals surface area contributed by atoms with Crippen LogP contribution in [0.1, 0.15) is 128 Å². The Bertz CT molecular complexity index is 1340. The van der Waals surface area contributed by atoms with Crippen LogP contribution in [-0.2, 0) is 19.2 Å². The number of nitrogens with one attached hydrogen (secondary N) is 2. The number of hydrogen-bond donors (Lipinski definition) is 4. The maximum absolute atomic E-state index is 13.9. The number of aliphatic carboxylic acids is 1. The van der Waals surface area contributed by atoms with Gasteiger partial charge in [-0.25, -0.2) is 4.98 Å². The van der Waals surface area contributed by atoms with E-state index in [9.17, 15) is 24.3 Å². The van der Waals surface area contributed by atoms with Crippen LogP contribution in [0, 0.1) is 12.3 Å². The van der Waals surface area contributed by atoms with Gasteiger partial charge in [0.1, 0.15) is 12.1 Å². The Morgan fingerprint density at radius 3 is 2.00 bits per heavy atom. The molecular formula is C37H56N4O6S. The molecule has 4 atom stereocenters. The summed E-state index contributed by atoms with van der Waals surface area (Å²) in [7, 11) is 0. The molecule has 0 aliphatic carbocycles. The number of rotatable bonds is 19. The molecule has 0 bridgehead atoms. The first kappa shape index (κ1) is 39.1. The summed E-state index contributed by atoms with van der Waals surface area (Å²) in [5, 5.41) is 25.2. The van der Waals surface area contributed by atoms with E-state index in [1.54, 1.807) is 11.3 Å². The Balaban J connectivity index is 1.46. The zero-order valence-electron chi connectivity index (χ0n) is 29.4. The van der Waals surface area contributed by atoms with Gasteiger partial charge in [0, 0.05) is 25.8 Å². The largest absolute Gasteiger partial charge is 0.481 e. The molecule has 2 aromatic rings. The number of hydrogen-bond acceptors (Lipinski definition) is 7. The van der Waals surface area contributed by atoms with Crippen LogP contribution in [0.15, 0.2) is 29.8 Å². The van der Waals surface area contributed by atoms with Crippen molar-refractivity contribution < 1.29 is 29.4 Å². The lowest BCUT2D eigenvalue weighted by molar-refractivity contribution is -0.144. The second-order valence-electron chi connectivity index (χ2n) is 14.3. The van der Waals surface area contributed by atoms with E-state index < -0.39 is 29.6 Å². The number of aliphatic hydroxyl groups excluding tert-OH is 1. The van der Waals surface area contributed by atoms with Crippen LogP contribution >= 0.6 is 11.3 Å². The predicted molar refractivity (Wildman–Crippen MR) is 189 cm³/mol. The molecule has 1 aliphatic heterocycles. The molecule has 0 spiro atoms. The molecule has 1 fully saturated rings. The number of aryl methyl sites for hydroxylation is 1. The number of thiazole rings is 1. The Labute approximate surface area is 290 Å². The second-order valence-corrected chi connectivity index (χ2v) is 15.2. The fourth-order valence-corrected chi connectivity index (χ4v) is 7.04. The number of carbonyl (C=O) groups excluding carboxylic acids is 3. The molecule has 1 aliphatic rings. The minimum Gasteiger partial charge on any atom is -0.481 e. The van der Waals surface area contributed by atoms with Crippen molar-refractivity contribution in [1.82, 2.24) is 20.5 Å². The summed E-state index contributed by atoms with van der Waals surface area (Å²) in [5.74, 6) is -1.59. The van der Waals surface area contributed by atoms with Crippen molar-refractivity contribution in [2.75, 3.05) is 6.54 Å². The van der Waals surface area contributed by atoms with Crippen molar-refractivity contribution >= 4 is 35.0 Å². The van der Waals surface area contributed by atoms with Gasteiger partial charge in [-0.15, -0.1) is 11.3 Å². The fraction of sp³-hybridized carbons (Fsp3) is 0.649. The number of nitrogens with zero attached hydrogens (tertiary/aromatic N) is 2. The Morgan fingerprint density at radius 1 is 0.917 bits per heavy atom. The van der Waals surface area contributed by atoms with Crippen molar-refractivity contribution in [2.24, 2.45) is 5.41 Å². The van der Waals surface area contributed by atoms with Crippen LogP contribution in [0.4, 0.5) is 0 Å². The zero-order chi connectivity index (χ0) is 35.3. The van der Waals surface area contributed by atoms with Gasteiger partial charge >= 0.3 is 5.97 Å². The Morgan fingerprint density at radius 2 is 1.48 bits per heavy atom. The summed E-state index contributed by atoms with van der Waals surface area (Å²) in [5.41, 5.74) is 4.20. The average Bonchev–Trinajstić information content (AvgIpc) is 3.64. The number of aliphatic hydroxyl groups is 1. The number of likely N-dealkylation sites (tertiary alicyclic amines) is 1. The summed E-state index contributed by atoms with van der Waals surface area (Å²) in [6, 6.07) is 6.02. The molecular weight excluding hydrogens is 628 g/mol. The highest BCUT2D eigenvalue weighted by molar-refractivity contribution is 7.13. The summed E-state index contributed by atoms with van der Waals surface area (Å²) >= 11 is 1.59. The molecule has 1 saturated heterocycles. The van der Waals surface area contributed by atoms with Gasteiger partial charge in [-0.1, -0.05) is 96.4 Å². The monoisotopic (exact) mass is 684 g/mol. The average molecular weight is 685 g/mol. The van der Waals surface area contributed by atoms with Crippen molar-refractivity contribution in [3.8, 4) is 10.4 Å². The number of unbranched alkanes of at least 4 members (excludes halogenated alkanes) is 9. The van der Waals surface area contributed by atoms with Crippen LogP contribution in [0.3, 0.4) is 0 Å². The van der Waals surface area contributed by atoms with Gasteiger partial charge in [-0.3, -0.25) is 19.2 Å². The lowest BCUT2D eigenvalue weighted by Gasteiger charge is -2.35. The first-order valence-corrected chi connectivity index (χ1v) is 18.5. The molecule has 11 heteroatoms. The second kappa shape index (κ2) is 19.0. The topological polar surface area (TPSA) is 149 Å². The van der Waals surface area contributed by atoms with E-state index in [-0.39, 0.29) is 43.1 Å². The van der Waals surface area contributed by atoms with Gasteiger partial charge in [0.2, 0.25) is 17.7 Å². The third-order valence-corrected chi connectivity index (χ3v) is 10.1. The highest BCUT2D eigenvalue weighted by Crippen LogP contribution is 2.29. The molecule has 266 valence electrons.